The van der Waals surface area contributed by atoms with Crippen LogP contribution in [0.1, 0.15) is 25.3 Å². The molecule has 1 atom stereocenters. The molecule has 0 amide bonds. The molecule has 0 aliphatic carbocycles. The third-order valence-electron chi connectivity index (χ3n) is 3.62. The number of hydrogen-bond acceptors (Lipinski definition) is 3. The molecule has 0 spiro atoms. The molecule has 1 aliphatic rings. The Hall–Kier alpha value is -0.620. The van der Waals surface area contributed by atoms with Crippen molar-refractivity contribution in [2.24, 2.45) is 0 Å². The van der Waals surface area contributed by atoms with Crippen molar-refractivity contribution in [3.05, 3.63) is 28.8 Å². The zero-order chi connectivity index (χ0) is 14.8. The maximum Gasteiger partial charge on any atom is 0.243 e. The molecule has 1 N–H and O–H groups in total. The topological polar surface area (TPSA) is 49.4 Å². The van der Waals surface area contributed by atoms with Crippen molar-refractivity contribution in [3.8, 4) is 0 Å². The molecule has 4 nitrogen and oxygen atoms in total. The quantitative estimate of drug-likeness (QED) is 0.907. The van der Waals surface area contributed by atoms with Crippen LogP contribution in [0, 0.1) is 6.92 Å². The van der Waals surface area contributed by atoms with Gasteiger partial charge in [-0.05, 0) is 44.0 Å². The van der Waals surface area contributed by atoms with E-state index < -0.39 is 10.0 Å². The molecular weight excluding hydrogens is 296 g/mol. The smallest absolute Gasteiger partial charge is 0.243 e. The molecule has 6 heteroatoms. The van der Waals surface area contributed by atoms with Crippen molar-refractivity contribution in [1.29, 1.82) is 0 Å². The molecule has 1 fully saturated rings. The van der Waals surface area contributed by atoms with Crippen LogP contribution in [0.25, 0.3) is 0 Å². The maximum atomic E-state index is 12.9. The van der Waals surface area contributed by atoms with Crippen molar-refractivity contribution in [3.63, 3.8) is 0 Å². The first kappa shape index (κ1) is 15.8. The van der Waals surface area contributed by atoms with Crippen molar-refractivity contribution < 1.29 is 8.42 Å². The molecule has 1 heterocycles. The van der Waals surface area contributed by atoms with Gasteiger partial charge in [0.25, 0.3) is 0 Å². The number of hydrogen-bond donors (Lipinski definition) is 1. The summed E-state index contributed by atoms with van der Waals surface area (Å²) in [6.07, 6.45) is 1.66. The summed E-state index contributed by atoms with van der Waals surface area (Å²) in [6, 6.07) is 5.07. The molecular formula is C14H21ClN2O2S. The fraction of sp³-hybridized carbons (Fsp3) is 0.571. The minimum Gasteiger partial charge on any atom is -0.315 e. The van der Waals surface area contributed by atoms with Crippen LogP contribution in [-0.2, 0) is 10.0 Å². The molecule has 112 valence electrons. The number of nitrogens with zero attached hydrogens (tertiary/aromatic N) is 1. The van der Waals surface area contributed by atoms with Gasteiger partial charge in [-0.15, -0.1) is 0 Å². The Labute approximate surface area is 126 Å². The van der Waals surface area contributed by atoms with E-state index >= 15 is 0 Å². The van der Waals surface area contributed by atoms with Crippen LogP contribution in [-0.4, -0.2) is 38.4 Å². The van der Waals surface area contributed by atoms with E-state index in [9.17, 15) is 8.42 Å². The average Bonchev–Trinajstić information content (AvgIpc) is 2.92. The molecule has 1 saturated heterocycles. The Kier molecular flexibility index (Phi) is 5.07. The molecule has 1 aliphatic heterocycles. The predicted octanol–water partition coefficient (Wildman–Crippen LogP) is 2.41. The SMILES string of the molecule is CCCN(C1CCNC1)S(=O)(=O)c1cc(Cl)ccc1C. The first-order chi connectivity index (χ1) is 9.46. The van der Waals surface area contributed by atoms with Crippen molar-refractivity contribution >= 4 is 21.6 Å². The van der Waals surface area contributed by atoms with E-state index in [1.54, 1.807) is 29.4 Å². The summed E-state index contributed by atoms with van der Waals surface area (Å²) >= 11 is 5.97. The lowest BCUT2D eigenvalue weighted by atomic mass is 10.2. The van der Waals surface area contributed by atoms with Crippen LogP contribution < -0.4 is 5.32 Å². The van der Waals surface area contributed by atoms with Crippen molar-refractivity contribution in [2.45, 2.75) is 37.6 Å². The standard InChI is InChI=1S/C14H21ClN2O2S/c1-3-8-17(13-6-7-16-10-13)20(18,19)14-9-12(15)5-4-11(14)2/h4-5,9,13,16H,3,6-8,10H2,1-2H3. The molecule has 1 aromatic carbocycles. The summed E-state index contributed by atoms with van der Waals surface area (Å²) in [5, 5.41) is 3.68. The Morgan fingerprint density at radius 1 is 1.45 bits per heavy atom. The van der Waals surface area contributed by atoms with E-state index in [0.29, 0.717) is 16.5 Å². The van der Waals surface area contributed by atoms with Crippen LogP contribution in [0.5, 0.6) is 0 Å². The lowest BCUT2D eigenvalue weighted by Gasteiger charge is -2.28. The Balaban J connectivity index is 2.41. The Morgan fingerprint density at radius 3 is 2.80 bits per heavy atom. The third-order valence-corrected chi connectivity index (χ3v) is 5.95. The fourth-order valence-corrected chi connectivity index (χ4v) is 4.82. The Morgan fingerprint density at radius 2 is 2.20 bits per heavy atom. The van der Waals surface area contributed by atoms with Crippen LogP contribution in [0.2, 0.25) is 5.02 Å². The first-order valence-electron chi connectivity index (χ1n) is 6.95. The number of rotatable bonds is 5. The van der Waals surface area contributed by atoms with Gasteiger partial charge in [0.05, 0.1) is 4.90 Å². The summed E-state index contributed by atoms with van der Waals surface area (Å²) in [5.74, 6) is 0. The first-order valence-corrected chi connectivity index (χ1v) is 8.77. The van der Waals surface area contributed by atoms with E-state index in [0.717, 1.165) is 31.5 Å². The zero-order valence-electron chi connectivity index (χ0n) is 11.9. The van der Waals surface area contributed by atoms with Gasteiger partial charge < -0.3 is 5.32 Å². The second kappa shape index (κ2) is 6.43. The average molecular weight is 317 g/mol. The third kappa shape index (κ3) is 3.17. The van der Waals surface area contributed by atoms with Gasteiger partial charge in [0, 0.05) is 24.2 Å². The van der Waals surface area contributed by atoms with Gasteiger partial charge >= 0.3 is 0 Å². The predicted molar refractivity (Wildman–Crippen MR) is 81.6 cm³/mol. The lowest BCUT2D eigenvalue weighted by molar-refractivity contribution is 0.335. The highest BCUT2D eigenvalue weighted by Crippen LogP contribution is 2.26. The molecule has 1 aromatic rings. The number of sulfonamides is 1. The van der Waals surface area contributed by atoms with E-state index in [4.69, 9.17) is 11.6 Å². The molecule has 0 bridgehead atoms. The van der Waals surface area contributed by atoms with Gasteiger partial charge in [-0.25, -0.2) is 8.42 Å². The summed E-state index contributed by atoms with van der Waals surface area (Å²) in [4.78, 5) is 0.324. The largest absolute Gasteiger partial charge is 0.315 e. The second-order valence-electron chi connectivity index (χ2n) is 5.17. The minimum absolute atomic E-state index is 0.0401. The van der Waals surface area contributed by atoms with E-state index in [-0.39, 0.29) is 6.04 Å². The van der Waals surface area contributed by atoms with Crippen LogP contribution in [0.15, 0.2) is 23.1 Å². The summed E-state index contributed by atoms with van der Waals surface area (Å²) in [7, 11) is -3.49. The summed E-state index contributed by atoms with van der Waals surface area (Å²) < 4.78 is 27.5. The monoisotopic (exact) mass is 316 g/mol. The van der Waals surface area contributed by atoms with Crippen molar-refractivity contribution in [2.75, 3.05) is 19.6 Å². The van der Waals surface area contributed by atoms with Crippen LogP contribution in [0.3, 0.4) is 0 Å². The molecule has 0 aromatic heterocycles. The molecule has 0 radical (unpaired) electrons. The minimum atomic E-state index is -3.49. The highest BCUT2D eigenvalue weighted by molar-refractivity contribution is 7.89. The highest BCUT2D eigenvalue weighted by Gasteiger charge is 2.33. The van der Waals surface area contributed by atoms with Gasteiger partial charge in [-0.2, -0.15) is 4.31 Å². The van der Waals surface area contributed by atoms with E-state index in [1.807, 2.05) is 6.92 Å². The Bertz CT molecular complexity index is 569. The number of nitrogens with one attached hydrogen (secondary N) is 1. The fourth-order valence-electron chi connectivity index (χ4n) is 2.58. The maximum absolute atomic E-state index is 12.9. The van der Waals surface area contributed by atoms with E-state index in [1.165, 1.54) is 0 Å². The lowest BCUT2D eigenvalue weighted by Crippen LogP contribution is -2.42. The van der Waals surface area contributed by atoms with Gasteiger partial charge in [-0.3, -0.25) is 0 Å². The van der Waals surface area contributed by atoms with Crippen molar-refractivity contribution in [1.82, 2.24) is 9.62 Å². The van der Waals surface area contributed by atoms with Gasteiger partial charge in [0.15, 0.2) is 0 Å². The number of benzene rings is 1. The molecule has 1 unspecified atom stereocenters. The van der Waals surface area contributed by atoms with Crippen LogP contribution >= 0.6 is 11.6 Å². The van der Waals surface area contributed by atoms with Gasteiger partial charge in [0.2, 0.25) is 10.0 Å². The molecule has 20 heavy (non-hydrogen) atoms. The van der Waals surface area contributed by atoms with E-state index in [2.05, 4.69) is 5.32 Å². The second-order valence-corrected chi connectivity index (χ2v) is 7.47. The highest BCUT2D eigenvalue weighted by atomic mass is 35.5. The summed E-state index contributed by atoms with van der Waals surface area (Å²) in [5.41, 5.74) is 0.737. The number of halogens is 1. The normalized spacial score (nSPS) is 19.7. The number of aryl methyl sites for hydroxylation is 1. The molecule has 0 saturated carbocycles. The van der Waals surface area contributed by atoms with Gasteiger partial charge in [0.1, 0.15) is 0 Å². The zero-order valence-corrected chi connectivity index (χ0v) is 13.5. The van der Waals surface area contributed by atoms with Crippen LogP contribution in [0.4, 0.5) is 0 Å². The van der Waals surface area contributed by atoms with Gasteiger partial charge in [-0.1, -0.05) is 24.6 Å². The summed E-state index contributed by atoms with van der Waals surface area (Å²) in [6.45, 7) is 5.93. The molecule has 2 rings (SSSR count).